The minimum Gasteiger partial charge on any atom is -0.394 e. The fourth-order valence-electron chi connectivity index (χ4n) is 2.79. The van der Waals surface area contributed by atoms with E-state index in [1.54, 1.807) is 0 Å². The third-order valence-corrected chi connectivity index (χ3v) is 3.67. The summed E-state index contributed by atoms with van der Waals surface area (Å²) in [4.78, 5) is 2.47. The lowest BCUT2D eigenvalue weighted by Crippen LogP contribution is -2.45. The van der Waals surface area contributed by atoms with Gasteiger partial charge in [0.15, 0.2) is 0 Å². The summed E-state index contributed by atoms with van der Waals surface area (Å²) in [7, 11) is 0. The molecule has 0 spiro atoms. The second kappa shape index (κ2) is 5.83. The molecule has 3 nitrogen and oxygen atoms in total. The number of morpholine rings is 1. The lowest BCUT2D eigenvalue weighted by atomic mass is 9.89. The number of aliphatic hydroxyl groups is 1. The fraction of sp³-hybridized carbons (Fsp3) is 1.00. The molecule has 0 amide bonds. The molecule has 0 radical (unpaired) electrons. The van der Waals surface area contributed by atoms with E-state index in [-0.39, 0.29) is 12.7 Å². The molecule has 2 aliphatic rings. The zero-order valence-electron chi connectivity index (χ0n) is 9.53. The molecule has 1 saturated carbocycles. The number of rotatable bonds is 3. The van der Waals surface area contributed by atoms with Crippen LogP contribution in [0.1, 0.15) is 32.1 Å². The lowest BCUT2D eigenvalue weighted by molar-refractivity contribution is -0.0572. The Bertz CT molecular complexity index is 180. The smallest absolute Gasteiger partial charge is 0.0932 e. The number of aliphatic hydroxyl groups excluding tert-OH is 1. The summed E-state index contributed by atoms with van der Waals surface area (Å²) in [6.45, 7) is 4.15. The molecular formula is C12H23NO2. The van der Waals surface area contributed by atoms with Crippen LogP contribution in [0.3, 0.4) is 0 Å². The van der Waals surface area contributed by atoms with Crippen molar-refractivity contribution in [2.75, 3.05) is 32.8 Å². The maximum Gasteiger partial charge on any atom is 0.0932 e. The van der Waals surface area contributed by atoms with Crippen molar-refractivity contribution in [1.82, 2.24) is 4.90 Å². The Balaban J connectivity index is 1.72. The van der Waals surface area contributed by atoms with Gasteiger partial charge in [0.25, 0.3) is 0 Å². The van der Waals surface area contributed by atoms with Gasteiger partial charge in [-0.2, -0.15) is 0 Å². The van der Waals surface area contributed by atoms with Gasteiger partial charge in [-0.3, -0.25) is 4.90 Å². The first-order valence-corrected chi connectivity index (χ1v) is 6.33. The van der Waals surface area contributed by atoms with Crippen LogP contribution in [0, 0.1) is 5.92 Å². The van der Waals surface area contributed by atoms with E-state index in [9.17, 15) is 0 Å². The van der Waals surface area contributed by atoms with E-state index in [4.69, 9.17) is 9.84 Å². The Morgan fingerprint density at radius 2 is 2.00 bits per heavy atom. The predicted molar refractivity (Wildman–Crippen MR) is 59.8 cm³/mol. The molecule has 0 bridgehead atoms. The first-order valence-electron chi connectivity index (χ1n) is 6.33. The van der Waals surface area contributed by atoms with Crippen LogP contribution in [-0.4, -0.2) is 49.0 Å². The monoisotopic (exact) mass is 213 g/mol. The third-order valence-electron chi connectivity index (χ3n) is 3.67. The second-order valence-electron chi connectivity index (χ2n) is 4.94. The molecule has 88 valence electrons. The summed E-state index contributed by atoms with van der Waals surface area (Å²) < 4.78 is 5.45. The Morgan fingerprint density at radius 1 is 1.20 bits per heavy atom. The average Bonchev–Trinajstić information content (AvgIpc) is 2.31. The SMILES string of the molecule is OCC1CN(CC2CCCCC2)CCO1. The van der Waals surface area contributed by atoms with Gasteiger partial charge in [-0.25, -0.2) is 0 Å². The molecular weight excluding hydrogens is 190 g/mol. The van der Waals surface area contributed by atoms with Crippen LogP contribution < -0.4 is 0 Å². The highest BCUT2D eigenvalue weighted by molar-refractivity contribution is 4.75. The summed E-state index contributed by atoms with van der Waals surface area (Å²) >= 11 is 0. The zero-order chi connectivity index (χ0) is 10.5. The van der Waals surface area contributed by atoms with Crippen molar-refractivity contribution < 1.29 is 9.84 Å². The summed E-state index contributed by atoms with van der Waals surface area (Å²) in [5.41, 5.74) is 0. The summed E-state index contributed by atoms with van der Waals surface area (Å²) in [6.07, 6.45) is 7.13. The van der Waals surface area contributed by atoms with Crippen molar-refractivity contribution in [3.8, 4) is 0 Å². The first-order chi connectivity index (χ1) is 7.38. The van der Waals surface area contributed by atoms with Gasteiger partial charge in [0.1, 0.15) is 0 Å². The van der Waals surface area contributed by atoms with Gasteiger partial charge in [-0.1, -0.05) is 19.3 Å². The number of hydrogen-bond donors (Lipinski definition) is 1. The minimum absolute atomic E-state index is 0.0577. The summed E-state index contributed by atoms with van der Waals surface area (Å²) in [6, 6.07) is 0. The highest BCUT2D eigenvalue weighted by atomic mass is 16.5. The maximum atomic E-state index is 9.06. The Kier molecular flexibility index (Phi) is 4.42. The van der Waals surface area contributed by atoms with Crippen LogP contribution in [0.25, 0.3) is 0 Å². The van der Waals surface area contributed by atoms with E-state index in [0.29, 0.717) is 0 Å². The van der Waals surface area contributed by atoms with Crippen LogP contribution in [0.2, 0.25) is 0 Å². The van der Waals surface area contributed by atoms with E-state index < -0.39 is 0 Å². The molecule has 1 aliphatic heterocycles. The van der Waals surface area contributed by atoms with Gasteiger partial charge in [0.2, 0.25) is 0 Å². The largest absolute Gasteiger partial charge is 0.394 e. The standard InChI is InChI=1S/C12H23NO2/c14-10-12-9-13(6-7-15-12)8-11-4-2-1-3-5-11/h11-12,14H,1-10H2. The molecule has 1 aliphatic carbocycles. The van der Waals surface area contributed by atoms with Gasteiger partial charge >= 0.3 is 0 Å². The van der Waals surface area contributed by atoms with Crippen LogP contribution in [0.5, 0.6) is 0 Å². The van der Waals surface area contributed by atoms with E-state index in [1.807, 2.05) is 0 Å². The zero-order valence-corrected chi connectivity index (χ0v) is 9.53. The Hall–Kier alpha value is -0.120. The first kappa shape index (κ1) is 11.4. The van der Waals surface area contributed by atoms with Crippen LogP contribution in [-0.2, 0) is 4.74 Å². The van der Waals surface area contributed by atoms with Crippen LogP contribution in [0.15, 0.2) is 0 Å². The Morgan fingerprint density at radius 3 is 2.73 bits per heavy atom. The third kappa shape index (κ3) is 3.44. The molecule has 1 saturated heterocycles. The Labute approximate surface area is 92.4 Å². The van der Waals surface area contributed by atoms with E-state index in [2.05, 4.69) is 4.90 Å². The van der Waals surface area contributed by atoms with E-state index >= 15 is 0 Å². The molecule has 1 unspecified atom stereocenters. The predicted octanol–water partition coefficient (Wildman–Crippen LogP) is 1.26. The van der Waals surface area contributed by atoms with Crippen molar-refractivity contribution in [3.05, 3.63) is 0 Å². The van der Waals surface area contributed by atoms with Crippen LogP contribution in [0.4, 0.5) is 0 Å². The van der Waals surface area contributed by atoms with E-state index in [1.165, 1.54) is 38.6 Å². The molecule has 1 heterocycles. The van der Waals surface area contributed by atoms with Gasteiger partial charge < -0.3 is 9.84 Å². The molecule has 2 rings (SSSR count). The lowest BCUT2D eigenvalue weighted by Gasteiger charge is -2.35. The molecule has 1 atom stereocenters. The normalized spacial score (nSPS) is 30.6. The van der Waals surface area contributed by atoms with Gasteiger partial charge in [0.05, 0.1) is 19.3 Å². The number of nitrogens with zero attached hydrogens (tertiary/aromatic N) is 1. The van der Waals surface area contributed by atoms with Crippen LogP contribution >= 0.6 is 0 Å². The summed E-state index contributed by atoms with van der Waals surface area (Å²) in [5, 5.41) is 9.06. The van der Waals surface area contributed by atoms with Crippen molar-refractivity contribution in [2.24, 2.45) is 5.92 Å². The van der Waals surface area contributed by atoms with Crippen molar-refractivity contribution in [1.29, 1.82) is 0 Å². The molecule has 1 N–H and O–H groups in total. The topological polar surface area (TPSA) is 32.7 Å². The summed E-state index contributed by atoms with van der Waals surface area (Å²) in [5.74, 6) is 0.899. The highest BCUT2D eigenvalue weighted by Gasteiger charge is 2.23. The highest BCUT2D eigenvalue weighted by Crippen LogP contribution is 2.24. The molecule has 0 aromatic carbocycles. The van der Waals surface area contributed by atoms with E-state index in [0.717, 1.165) is 25.6 Å². The molecule has 3 heteroatoms. The van der Waals surface area contributed by atoms with Gasteiger partial charge in [-0.15, -0.1) is 0 Å². The van der Waals surface area contributed by atoms with Gasteiger partial charge in [-0.05, 0) is 18.8 Å². The fourth-order valence-corrected chi connectivity index (χ4v) is 2.79. The number of ether oxygens (including phenoxy) is 1. The molecule has 0 aromatic heterocycles. The quantitative estimate of drug-likeness (QED) is 0.766. The van der Waals surface area contributed by atoms with Crippen molar-refractivity contribution in [3.63, 3.8) is 0 Å². The molecule has 2 fully saturated rings. The maximum absolute atomic E-state index is 9.06. The average molecular weight is 213 g/mol. The minimum atomic E-state index is 0.0577. The molecule has 0 aromatic rings. The molecule has 15 heavy (non-hydrogen) atoms. The second-order valence-corrected chi connectivity index (χ2v) is 4.94. The van der Waals surface area contributed by atoms with Crippen molar-refractivity contribution >= 4 is 0 Å². The van der Waals surface area contributed by atoms with Crippen molar-refractivity contribution in [2.45, 2.75) is 38.2 Å². The number of hydrogen-bond acceptors (Lipinski definition) is 3. The van der Waals surface area contributed by atoms with Gasteiger partial charge in [0, 0.05) is 19.6 Å².